The second-order valence-electron chi connectivity index (χ2n) is 6.38. The van der Waals surface area contributed by atoms with Crippen LogP contribution in [0.15, 0.2) is 48.7 Å². The quantitative estimate of drug-likeness (QED) is 0.415. The number of anilines is 1. The molecule has 1 aromatic carbocycles. The molecule has 0 saturated carbocycles. The van der Waals surface area contributed by atoms with Gasteiger partial charge >= 0.3 is 0 Å². The molecule has 128 valence electrons. The van der Waals surface area contributed by atoms with Crippen LogP contribution in [0.4, 0.5) is 5.69 Å². The number of thiol groups is 1. The highest BCUT2D eigenvalue weighted by atomic mass is 32.1. The molecule has 1 heterocycles. The Morgan fingerprint density at radius 2 is 1.79 bits per heavy atom. The summed E-state index contributed by atoms with van der Waals surface area (Å²) in [5.74, 6) is 0.980. The van der Waals surface area contributed by atoms with Crippen LogP contribution >= 0.6 is 12.6 Å². The van der Waals surface area contributed by atoms with Crippen LogP contribution in [0.5, 0.6) is 0 Å². The first kappa shape index (κ1) is 18.6. The number of unbranched alkanes of at least 4 members (excludes halogenated alkanes) is 2. The summed E-state index contributed by atoms with van der Waals surface area (Å²) in [6.07, 6.45) is 8.08. The SMILES string of the molecule is C/C(=C\c1ccc(N(C)C)cc1)c1cccc[n+]1CCCCCS. The van der Waals surface area contributed by atoms with Crippen molar-refractivity contribution in [3.05, 3.63) is 59.9 Å². The molecule has 2 aromatic rings. The van der Waals surface area contributed by atoms with Crippen LogP contribution in [0.3, 0.4) is 0 Å². The van der Waals surface area contributed by atoms with E-state index in [1.54, 1.807) is 0 Å². The number of allylic oxidation sites excluding steroid dienone is 1. The van der Waals surface area contributed by atoms with Gasteiger partial charge in [-0.15, -0.1) is 0 Å². The molecule has 0 aliphatic carbocycles. The number of benzene rings is 1. The molecule has 2 nitrogen and oxygen atoms in total. The molecule has 2 rings (SSSR count). The van der Waals surface area contributed by atoms with Crippen LogP contribution in [0.2, 0.25) is 0 Å². The predicted octanol–water partition coefficient (Wildman–Crippen LogP) is 4.70. The third-order valence-electron chi connectivity index (χ3n) is 4.19. The molecule has 0 amide bonds. The summed E-state index contributed by atoms with van der Waals surface area (Å²) in [4.78, 5) is 2.12. The predicted molar refractivity (Wildman–Crippen MR) is 109 cm³/mol. The molecule has 0 bridgehead atoms. The van der Waals surface area contributed by atoms with Gasteiger partial charge in [-0.3, -0.25) is 0 Å². The topological polar surface area (TPSA) is 7.12 Å². The summed E-state index contributed by atoms with van der Waals surface area (Å²) >= 11 is 4.29. The summed E-state index contributed by atoms with van der Waals surface area (Å²) < 4.78 is 2.36. The van der Waals surface area contributed by atoms with E-state index in [-0.39, 0.29) is 0 Å². The Balaban J connectivity index is 2.14. The first-order valence-electron chi connectivity index (χ1n) is 8.67. The highest BCUT2D eigenvalue weighted by Gasteiger charge is 2.11. The Morgan fingerprint density at radius 1 is 1.04 bits per heavy atom. The number of nitrogens with zero attached hydrogens (tertiary/aromatic N) is 2. The van der Waals surface area contributed by atoms with Crippen molar-refractivity contribution in [3.8, 4) is 0 Å². The van der Waals surface area contributed by atoms with E-state index in [0.29, 0.717) is 0 Å². The van der Waals surface area contributed by atoms with Gasteiger partial charge in [-0.2, -0.15) is 17.2 Å². The van der Waals surface area contributed by atoms with Gasteiger partial charge in [0.1, 0.15) is 6.54 Å². The molecule has 0 spiro atoms. The van der Waals surface area contributed by atoms with Gasteiger partial charge in [-0.25, -0.2) is 0 Å². The third-order valence-corrected chi connectivity index (χ3v) is 4.51. The molecular weight excluding hydrogens is 312 g/mol. The van der Waals surface area contributed by atoms with Crippen LogP contribution in [0.25, 0.3) is 11.6 Å². The second kappa shape index (κ2) is 9.53. The monoisotopic (exact) mass is 341 g/mol. The highest BCUT2D eigenvalue weighted by Crippen LogP contribution is 2.18. The second-order valence-corrected chi connectivity index (χ2v) is 6.82. The van der Waals surface area contributed by atoms with Crippen molar-refractivity contribution >= 4 is 30.0 Å². The van der Waals surface area contributed by atoms with Crippen LogP contribution in [-0.2, 0) is 6.54 Å². The molecular formula is C21H29N2S+. The Bertz CT molecular complexity index is 660. The first-order chi connectivity index (χ1) is 11.6. The molecule has 0 fully saturated rings. The molecule has 3 heteroatoms. The zero-order valence-corrected chi connectivity index (χ0v) is 16.0. The van der Waals surface area contributed by atoms with Gasteiger partial charge < -0.3 is 4.90 Å². The van der Waals surface area contributed by atoms with E-state index >= 15 is 0 Å². The zero-order valence-electron chi connectivity index (χ0n) is 15.1. The lowest BCUT2D eigenvalue weighted by atomic mass is 10.1. The minimum atomic E-state index is 0.980. The molecule has 0 aliphatic heterocycles. The van der Waals surface area contributed by atoms with E-state index in [2.05, 4.69) is 97.9 Å². The molecule has 0 radical (unpaired) electrons. The van der Waals surface area contributed by atoms with Crippen molar-refractivity contribution in [2.24, 2.45) is 0 Å². The van der Waals surface area contributed by atoms with Gasteiger partial charge in [-0.1, -0.05) is 12.1 Å². The number of hydrogen-bond acceptors (Lipinski definition) is 2. The van der Waals surface area contributed by atoms with E-state index in [1.165, 1.54) is 41.8 Å². The number of rotatable bonds is 8. The summed E-state index contributed by atoms with van der Waals surface area (Å²) in [5, 5.41) is 0. The number of aromatic nitrogens is 1. The van der Waals surface area contributed by atoms with Gasteiger partial charge in [0.05, 0.1) is 0 Å². The lowest BCUT2D eigenvalue weighted by Crippen LogP contribution is -2.37. The van der Waals surface area contributed by atoms with Crippen molar-refractivity contribution in [1.82, 2.24) is 0 Å². The van der Waals surface area contributed by atoms with Gasteiger partial charge in [0.25, 0.3) is 0 Å². The van der Waals surface area contributed by atoms with Crippen LogP contribution in [0.1, 0.15) is 37.4 Å². The summed E-state index contributed by atoms with van der Waals surface area (Å²) in [6, 6.07) is 15.1. The molecule has 0 unspecified atom stereocenters. The Hall–Kier alpha value is -1.74. The summed E-state index contributed by atoms with van der Waals surface area (Å²) in [7, 11) is 4.13. The largest absolute Gasteiger partial charge is 0.378 e. The minimum Gasteiger partial charge on any atom is -0.378 e. The first-order valence-corrected chi connectivity index (χ1v) is 9.30. The maximum Gasteiger partial charge on any atom is 0.208 e. The average molecular weight is 342 g/mol. The minimum absolute atomic E-state index is 0.980. The van der Waals surface area contributed by atoms with E-state index < -0.39 is 0 Å². The summed E-state index contributed by atoms with van der Waals surface area (Å²) in [5.41, 5.74) is 5.05. The van der Waals surface area contributed by atoms with Crippen LogP contribution < -0.4 is 9.47 Å². The third kappa shape index (κ3) is 5.41. The number of hydrogen-bond donors (Lipinski definition) is 1. The fourth-order valence-corrected chi connectivity index (χ4v) is 3.02. The molecule has 0 N–H and O–H groups in total. The van der Waals surface area contributed by atoms with Gasteiger partial charge in [0, 0.05) is 43.9 Å². The van der Waals surface area contributed by atoms with Crippen molar-refractivity contribution in [1.29, 1.82) is 0 Å². The maximum absolute atomic E-state index is 4.29. The molecule has 0 atom stereocenters. The lowest BCUT2D eigenvalue weighted by molar-refractivity contribution is -0.699. The maximum atomic E-state index is 4.29. The van der Waals surface area contributed by atoms with Crippen molar-refractivity contribution in [2.45, 2.75) is 32.7 Å². The summed E-state index contributed by atoms with van der Waals surface area (Å²) in [6.45, 7) is 3.26. The molecule has 0 saturated heterocycles. The molecule has 1 aromatic heterocycles. The fraction of sp³-hybridized carbons (Fsp3) is 0.381. The normalized spacial score (nSPS) is 11.6. The van der Waals surface area contributed by atoms with E-state index in [9.17, 15) is 0 Å². The smallest absolute Gasteiger partial charge is 0.208 e. The van der Waals surface area contributed by atoms with E-state index in [1.807, 2.05) is 0 Å². The zero-order chi connectivity index (χ0) is 17.4. The Morgan fingerprint density at radius 3 is 2.46 bits per heavy atom. The van der Waals surface area contributed by atoms with Crippen LogP contribution in [-0.4, -0.2) is 19.8 Å². The fourth-order valence-electron chi connectivity index (χ4n) is 2.79. The molecule has 0 aliphatic rings. The highest BCUT2D eigenvalue weighted by molar-refractivity contribution is 7.80. The Kier molecular flexibility index (Phi) is 7.38. The van der Waals surface area contributed by atoms with Gasteiger partial charge in [-0.05, 0) is 55.4 Å². The number of aryl methyl sites for hydroxylation is 1. The van der Waals surface area contributed by atoms with Gasteiger partial charge in [0.15, 0.2) is 6.20 Å². The number of pyridine rings is 1. The van der Waals surface area contributed by atoms with E-state index in [0.717, 1.165) is 12.3 Å². The van der Waals surface area contributed by atoms with Crippen molar-refractivity contribution < 1.29 is 4.57 Å². The van der Waals surface area contributed by atoms with Crippen LogP contribution in [0, 0.1) is 0 Å². The average Bonchev–Trinajstić information content (AvgIpc) is 2.59. The van der Waals surface area contributed by atoms with Gasteiger partial charge in [0.2, 0.25) is 5.69 Å². The Labute approximate surface area is 152 Å². The molecule has 24 heavy (non-hydrogen) atoms. The van der Waals surface area contributed by atoms with Crippen molar-refractivity contribution in [3.63, 3.8) is 0 Å². The lowest BCUT2D eigenvalue weighted by Gasteiger charge is -2.12. The standard InChI is InChI=1S/C21H28N2S/c1-18(17-19-10-12-20(13-11-19)22(2)3)21-9-5-7-15-23(21)14-6-4-8-16-24/h5,7,9-13,15,17H,4,6,8,14,16H2,1-3H3/p+1. The van der Waals surface area contributed by atoms with Crippen molar-refractivity contribution in [2.75, 3.05) is 24.7 Å². The van der Waals surface area contributed by atoms with E-state index in [4.69, 9.17) is 0 Å².